The molecule has 0 aliphatic rings. The number of aliphatic carboxylic acids is 1. The third kappa shape index (κ3) is 5.18. The van der Waals surface area contributed by atoms with Crippen LogP contribution in [0.4, 0.5) is 4.79 Å². The molecule has 0 saturated carbocycles. The van der Waals surface area contributed by atoms with Crippen LogP contribution in [0.2, 0.25) is 0 Å². The second kappa shape index (κ2) is 7.00. The molecule has 0 saturated heterocycles. The summed E-state index contributed by atoms with van der Waals surface area (Å²) < 4.78 is 0. The van der Waals surface area contributed by atoms with Crippen molar-refractivity contribution < 1.29 is 14.7 Å². The Morgan fingerprint density at radius 3 is 2.83 bits per heavy atom. The van der Waals surface area contributed by atoms with Gasteiger partial charge in [-0.25, -0.2) is 4.79 Å². The maximum absolute atomic E-state index is 11.7. The molecule has 1 aromatic rings. The molecule has 1 aromatic heterocycles. The number of carbonyl (C=O) groups is 2. The number of rotatable bonds is 6. The van der Waals surface area contributed by atoms with E-state index in [1.165, 1.54) is 10.5 Å². The fraction of sp³-hybridized carbons (Fsp3) is 0.500. The van der Waals surface area contributed by atoms with E-state index in [0.29, 0.717) is 0 Å². The summed E-state index contributed by atoms with van der Waals surface area (Å²) in [6.07, 6.45) is 0.741. The number of nitrogens with one attached hydrogen (secondary N) is 1. The molecule has 0 aliphatic heterocycles. The molecular weight excluding hydrogens is 252 g/mol. The molecule has 1 unspecified atom stereocenters. The highest BCUT2D eigenvalue weighted by atomic mass is 32.1. The Hall–Kier alpha value is -1.56. The maximum Gasteiger partial charge on any atom is 0.317 e. The Balaban J connectivity index is 2.32. The molecule has 0 spiro atoms. The molecule has 18 heavy (non-hydrogen) atoms. The quantitative estimate of drug-likeness (QED) is 0.828. The summed E-state index contributed by atoms with van der Waals surface area (Å²) in [5.41, 5.74) is 1.20. The zero-order valence-corrected chi connectivity index (χ0v) is 11.4. The van der Waals surface area contributed by atoms with Gasteiger partial charge in [0.25, 0.3) is 0 Å². The molecule has 0 radical (unpaired) electrons. The molecule has 1 atom stereocenters. The molecule has 2 amide bonds. The number of amides is 2. The topological polar surface area (TPSA) is 69.6 Å². The van der Waals surface area contributed by atoms with Crippen LogP contribution in [-0.4, -0.2) is 41.6 Å². The second-order valence-corrected chi connectivity index (χ2v) is 5.03. The summed E-state index contributed by atoms with van der Waals surface area (Å²) in [4.78, 5) is 23.5. The lowest BCUT2D eigenvalue weighted by atomic mass is 10.1. The summed E-state index contributed by atoms with van der Waals surface area (Å²) >= 11 is 1.63. The minimum atomic E-state index is -0.902. The first kappa shape index (κ1) is 14.5. The molecule has 0 aromatic carbocycles. The number of thiophene rings is 1. The van der Waals surface area contributed by atoms with Gasteiger partial charge in [0.1, 0.15) is 0 Å². The summed E-state index contributed by atoms with van der Waals surface area (Å²) in [5, 5.41) is 15.4. The highest BCUT2D eigenvalue weighted by molar-refractivity contribution is 7.07. The Labute approximate surface area is 110 Å². The van der Waals surface area contributed by atoms with Gasteiger partial charge in [-0.1, -0.05) is 0 Å². The average molecular weight is 270 g/mol. The van der Waals surface area contributed by atoms with Gasteiger partial charge in [0.2, 0.25) is 0 Å². The zero-order valence-electron chi connectivity index (χ0n) is 10.5. The maximum atomic E-state index is 11.7. The van der Waals surface area contributed by atoms with Crippen molar-refractivity contribution in [1.82, 2.24) is 10.2 Å². The lowest BCUT2D eigenvalue weighted by Gasteiger charge is -2.20. The molecular formula is C12H18N2O3S. The Morgan fingerprint density at radius 1 is 1.56 bits per heavy atom. The molecule has 1 heterocycles. The smallest absolute Gasteiger partial charge is 0.317 e. The van der Waals surface area contributed by atoms with E-state index in [0.717, 1.165) is 6.42 Å². The van der Waals surface area contributed by atoms with Gasteiger partial charge in [0, 0.05) is 19.6 Å². The molecule has 1 rings (SSSR count). The van der Waals surface area contributed by atoms with E-state index in [9.17, 15) is 9.59 Å². The summed E-state index contributed by atoms with van der Waals surface area (Å²) in [7, 11) is 1.59. The average Bonchev–Trinajstić information content (AvgIpc) is 2.78. The number of hydrogen-bond donors (Lipinski definition) is 2. The van der Waals surface area contributed by atoms with Crippen LogP contribution in [0.5, 0.6) is 0 Å². The highest BCUT2D eigenvalue weighted by Crippen LogP contribution is 2.08. The van der Waals surface area contributed by atoms with Crippen LogP contribution in [-0.2, 0) is 11.2 Å². The predicted molar refractivity (Wildman–Crippen MR) is 70.9 cm³/mol. The lowest BCUT2D eigenvalue weighted by molar-refractivity contribution is -0.137. The van der Waals surface area contributed by atoms with Crippen molar-refractivity contribution in [3.8, 4) is 0 Å². The van der Waals surface area contributed by atoms with E-state index in [-0.39, 0.29) is 25.0 Å². The number of hydrogen-bond acceptors (Lipinski definition) is 3. The van der Waals surface area contributed by atoms with E-state index < -0.39 is 5.97 Å². The van der Waals surface area contributed by atoms with E-state index in [1.807, 2.05) is 18.4 Å². The largest absolute Gasteiger partial charge is 0.481 e. The van der Waals surface area contributed by atoms with Crippen LogP contribution >= 0.6 is 11.3 Å². The standard InChI is InChI=1S/C12H18N2O3S/c1-9(7-10-4-6-18-8-10)13-12(17)14(2)5-3-11(15)16/h4,6,8-9H,3,5,7H2,1-2H3,(H,13,17)(H,15,16). The molecule has 5 nitrogen and oxygen atoms in total. The van der Waals surface area contributed by atoms with Crippen molar-refractivity contribution in [3.63, 3.8) is 0 Å². The van der Waals surface area contributed by atoms with Crippen molar-refractivity contribution in [2.75, 3.05) is 13.6 Å². The molecule has 0 aliphatic carbocycles. The molecule has 100 valence electrons. The second-order valence-electron chi connectivity index (χ2n) is 4.25. The number of carboxylic acids is 1. The normalized spacial score (nSPS) is 11.9. The molecule has 0 bridgehead atoms. The fourth-order valence-electron chi connectivity index (χ4n) is 1.50. The van der Waals surface area contributed by atoms with Crippen molar-refractivity contribution >= 4 is 23.3 Å². The molecule has 6 heteroatoms. The van der Waals surface area contributed by atoms with E-state index >= 15 is 0 Å². The first-order valence-corrected chi connectivity index (χ1v) is 6.68. The zero-order chi connectivity index (χ0) is 13.5. The molecule has 0 fully saturated rings. The van der Waals surface area contributed by atoms with Gasteiger partial charge in [-0.2, -0.15) is 11.3 Å². The van der Waals surface area contributed by atoms with Crippen molar-refractivity contribution in [1.29, 1.82) is 0 Å². The van der Waals surface area contributed by atoms with E-state index in [2.05, 4.69) is 10.7 Å². The number of nitrogens with zero attached hydrogens (tertiary/aromatic N) is 1. The highest BCUT2D eigenvalue weighted by Gasteiger charge is 2.13. The van der Waals surface area contributed by atoms with Crippen LogP contribution in [0.25, 0.3) is 0 Å². The van der Waals surface area contributed by atoms with Crippen LogP contribution in [0.15, 0.2) is 16.8 Å². The van der Waals surface area contributed by atoms with Crippen molar-refractivity contribution in [2.45, 2.75) is 25.8 Å². The number of urea groups is 1. The number of carboxylic acid groups (broad SMARTS) is 1. The predicted octanol–water partition coefficient (Wildman–Crippen LogP) is 1.80. The Morgan fingerprint density at radius 2 is 2.28 bits per heavy atom. The summed E-state index contributed by atoms with van der Waals surface area (Å²) in [6.45, 7) is 2.15. The lowest BCUT2D eigenvalue weighted by Crippen LogP contribution is -2.43. The van der Waals surface area contributed by atoms with Gasteiger partial charge in [0.05, 0.1) is 6.42 Å². The van der Waals surface area contributed by atoms with Gasteiger partial charge in [0.15, 0.2) is 0 Å². The summed E-state index contributed by atoms with van der Waals surface area (Å²) in [6, 6.07) is 1.82. The van der Waals surface area contributed by atoms with Crippen molar-refractivity contribution in [2.24, 2.45) is 0 Å². The van der Waals surface area contributed by atoms with Crippen LogP contribution in [0.1, 0.15) is 18.9 Å². The van der Waals surface area contributed by atoms with Gasteiger partial charge in [-0.15, -0.1) is 0 Å². The van der Waals surface area contributed by atoms with Crippen LogP contribution < -0.4 is 5.32 Å². The van der Waals surface area contributed by atoms with Crippen molar-refractivity contribution in [3.05, 3.63) is 22.4 Å². The minimum absolute atomic E-state index is 0.0272. The third-order valence-electron chi connectivity index (χ3n) is 2.50. The van der Waals surface area contributed by atoms with Gasteiger partial charge >= 0.3 is 12.0 Å². The van der Waals surface area contributed by atoms with Gasteiger partial charge < -0.3 is 15.3 Å². The number of carbonyl (C=O) groups excluding carboxylic acids is 1. The first-order chi connectivity index (χ1) is 8.49. The molecule has 2 N–H and O–H groups in total. The first-order valence-electron chi connectivity index (χ1n) is 5.73. The monoisotopic (exact) mass is 270 g/mol. The van der Waals surface area contributed by atoms with Crippen LogP contribution in [0.3, 0.4) is 0 Å². The minimum Gasteiger partial charge on any atom is -0.481 e. The Bertz CT molecular complexity index is 392. The van der Waals surface area contributed by atoms with Gasteiger partial charge in [-0.3, -0.25) is 4.79 Å². The van der Waals surface area contributed by atoms with Gasteiger partial charge in [-0.05, 0) is 35.7 Å². The van der Waals surface area contributed by atoms with E-state index in [1.54, 1.807) is 18.4 Å². The fourth-order valence-corrected chi connectivity index (χ4v) is 2.18. The van der Waals surface area contributed by atoms with E-state index in [4.69, 9.17) is 5.11 Å². The SMILES string of the molecule is CC(Cc1ccsc1)NC(=O)N(C)CCC(=O)O. The Kier molecular flexibility index (Phi) is 5.64. The van der Waals surface area contributed by atoms with Crippen LogP contribution in [0, 0.1) is 0 Å². The summed E-state index contributed by atoms with van der Waals surface area (Å²) in [5.74, 6) is -0.902. The third-order valence-corrected chi connectivity index (χ3v) is 3.23.